The van der Waals surface area contributed by atoms with Gasteiger partial charge in [-0.05, 0) is 12.0 Å². The zero-order valence-corrected chi connectivity index (χ0v) is 13.3. The second kappa shape index (κ2) is 8.72. The van der Waals surface area contributed by atoms with Crippen molar-refractivity contribution in [3.63, 3.8) is 0 Å². The fraction of sp³-hybridized carbons (Fsp3) is 0.467. The number of hydrogen-bond donors (Lipinski definition) is 1. The second-order valence-electron chi connectivity index (χ2n) is 4.97. The van der Waals surface area contributed by atoms with Gasteiger partial charge in [0, 0.05) is 6.07 Å². The first kappa shape index (κ1) is 18.4. The van der Waals surface area contributed by atoms with E-state index in [9.17, 15) is 19.7 Å². The summed E-state index contributed by atoms with van der Waals surface area (Å²) in [6, 6.07) is 4.96. The van der Waals surface area contributed by atoms with E-state index < -0.39 is 29.4 Å². The molecule has 8 heteroatoms. The average Bonchev–Trinajstić information content (AvgIpc) is 2.56. The highest BCUT2D eigenvalue weighted by Gasteiger charge is 2.27. The van der Waals surface area contributed by atoms with Crippen molar-refractivity contribution in [3.8, 4) is 5.75 Å². The summed E-state index contributed by atoms with van der Waals surface area (Å²) in [4.78, 5) is 33.9. The van der Waals surface area contributed by atoms with Crippen LogP contribution >= 0.6 is 0 Å². The maximum atomic E-state index is 11.9. The number of hydrogen-bond acceptors (Lipinski definition) is 6. The Balaban J connectivity index is 2.69. The lowest BCUT2D eigenvalue weighted by molar-refractivity contribution is -0.385. The van der Waals surface area contributed by atoms with Gasteiger partial charge < -0.3 is 14.8 Å². The van der Waals surface area contributed by atoms with Crippen LogP contribution < -0.4 is 10.1 Å². The van der Waals surface area contributed by atoms with Crippen LogP contribution in [0, 0.1) is 16.0 Å². The van der Waals surface area contributed by atoms with E-state index in [-0.39, 0.29) is 17.4 Å². The van der Waals surface area contributed by atoms with Crippen molar-refractivity contribution in [2.45, 2.75) is 26.3 Å². The number of para-hydroxylation sites is 2. The molecule has 23 heavy (non-hydrogen) atoms. The van der Waals surface area contributed by atoms with E-state index in [2.05, 4.69) is 10.1 Å². The van der Waals surface area contributed by atoms with E-state index in [1.807, 2.05) is 13.8 Å². The van der Waals surface area contributed by atoms with Gasteiger partial charge in [0.1, 0.15) is 6.04 Å². The lowest BCUT2D eigenvalue weighted by Gasteiger charge is -2.21. The number of ether oxygens (including phenoxy) is 2. The van der Waals surface area contributed by atoms with Crippen LogP contribution in [-0.2, 0) is 14.3 Å². The Hall–Kier alpha value is -2.64. The summed E-state index contributed by atoms with van der Waals surface area (Å²) in [6.07, 6.45) is 0.672. The Bertz CT molecular complexity index is 575. The van der Waals surface area contributed by atoms with Crippen LogP contribution in [0.15, 0.2) is 24.3 Å². The standard InChI is InChI=1S/C15H20N2O6/c1-4-10(2)14(15(19)22-3)16-13(18)9-23-12-8-6-5-7-11(12)17(20)21/h5-8,10,14H,4,9H2,1-3H3,(H,16,18). The maximum Gasteiger partial charge on any atom is 0.328 e. The number of methoxy groups -OCH3 is 1. The minimum atomic E-state index is -0.785. The molecule has 2 unspecified atom stereocenters. The van der Waals surface area contributed by atoms with Crippen LogP contribution in [0.1, 0.15) is 20.3 Å². The van der Waals surface area contributed by atoms with Crippen LogP contribution in [0.5, 0.6) is 5.75 Å². The van der Waals surface area contributed by atoms with Gasteiger partial charge in [0.2, 0.25) is 0 Å². The summed E-state index contributed by atoms with van der Waals surface area (Å²) in [5, 5.41) is 13.4. The fourth-order valence-corrected chi connectivity index (χ4v) is 1.88. The first-order valence-corrected chi connectivity index (χ1v) is 7.14. The number of nitrogens with one attached hydrogen (secondary N) is 1. The van der Waals surface area contributed by atoms with Gasteiger partial charge in [0.15, 0.2) is 12.4 Å². The van der Waals surface area contributed by atoms with Gasteiger partial charge in [-0.2, -0.15) is 0 Å². The second-order valence-corrected chi connectivity index (χ2v) is 4.97. The third-order valence-electron chi connectivity index (χ3n) is 3.41. The van der Waals surface area contributed by atoms with Crippen LogP contribution in [0.4, 0.5) is 5.69 Å². The molecule has 1 aromatic carbocycles. The van der Waals surface area contributed by atoms with E-state index in [0.717, 1.165) is 0 Å². The lowest BCUT2D eigenvalue weighted by atomic mass is 9.99. The van der Waals surface area contributed by atoms with Crippen LogP contribution in [0.25, 0.3) is 0 Å². The Morgan fingerprint density at radius 1 is 1.35 bits per heavy atom. The Labute approximate surface area is 133 Å². The third-order valence-corrected chi connectivity index (χ3v) is 3.41. The Morgan fingerprint density at radius 3 is 2.57 bits per heavy atom. The van der Waals surface area contributed by atoms with Crippen molar-refractivity contribution in [2.75, 3.05) is 13.7 Å². The smallest absolute Gasteiger partial charge is 0.328 e. The van der Waals surface area contributed by atoms with Gasteiger partial charge in [-0.1, -0.05) is 32.4 Å². The molecule has 1 N–H and O–H groups in total. The molecule has 0 fully saturated rings. The molecule has 1 amide bonds. The Morgan fingerprint density at radius 2 is 2.00 bits per heavy atom. The van der Waals surface area contributed by atoms with Gasteiger partial charge in [0.05, 0.1) is 12.0 Å². The molecule has 0 saturated carbocycles. The number of carbonyl (C=O) groups excluding carboxylic acids is 2. The topological polar surface area (TPSA) is 108 Å². The normalized spacial score (nSPS) is 12.8. The average molecular weight is 324 g/mol. The molecule has 0 aliphatic rings. The molecule has 0 bridgehead atoms. The van der Waals surface area contributed by atoms with Gasteiger partial charge in [-0.3, -0.25) is 14.9 Å². The molecule has 0 radical (unpaired) electrons. The molecular weight excluding hydrogens is 304 g/mol. The molecule has 0 saturated heterocycles. The zero-order valence-electron chi connectivity index (χ0n) is 13.3. The van der Waals surface area contributed by atoms with Gasteiger partial charge in [-0.15, -0.1) is 0 Å². The predicted molar refractivity (Wildman–Crippen MR) is 82.0 cm³/mol. The number of benzene rings is 1. The first-order valence-electron chi connectivity index (χ1n) is 7.14. The molecule has 0 aliphatic heterocycles. The number of carbonyl (C=O) groups is 2. The predicted octanol–water partition coefficient (Wildman–Crippen LogP) is 1.68. The molecule has 2 atom stereocenters. The summed E-state index contributed by atoms with van der Waals surface area (Å²) >= 11 is 0. The number of rotatable bonds is 8. The molecule has 126 valence electrons. The summed E-state index contributed by atoms with van der Waals surface area (Å²) in [5.74, 6) is -1.22. The van der Waals surface area contributed by atoms with Crippen molar-refractivity contribution in [3.05, 3.63) is 34.4 Å². The minimum Gasteiger partial charge on any atom is -0.477 e. The lowest BCUT2D eigenvalue weighted by Crippen LogP contribution is -2.47. The quantitative estimate of drug-likeness (QED) is 0.443. The van der Waals surface area contributed by atoms with E-state index in [1.54, 1.807) is 6.07 Å². The SMILES string of the molecule is CCC(C)C(NC(=O)COc1ccccc1[N+](=O)[O-])C(=O)OC. The van der Waals surface area contributed by atoms with Crippen molar-refractivity contribution in [1.82, 2.24) is 5.32 Å². The largest absolute Gasteiger partial charge is 0.477 e. The van der Waals surface area contributed by atoms with Crippen LogP contribution in [0.3, 0.4) is 0 Å². The molecule has 1 rings (SSSR count). The molecule has 0 heterocycles. The van der Waals surface area contributed by atoms with Crippen LogP contribution in [-0.4, -0.2) is 36.6 Å². The van der Waals surface area contributed by atoms with Gasteiger partial charge in [0.25, 0.3) is 5.91 Å². The van der Waals surface area contributed by atoms with E-state index in [4.69, 9.17) is 4.74 Å². The minimum absolute atomic E-state index is 0.00851. The van der Waals surface area contributed by atoms with Crippen molar-refractivity contribution >= 4 is 17.6 Å². The zero-order chi connectivity index (χ0) is 17.4. The number of nitro groups is 1. The van der Waals surface area contributed by atoms with Gasteiger partial charge in [-0.25, -0.2) is 4.79 Å². The van der Waals surface area contributed by atoms with Crippen molar-refractivity contribution < 1.29 is 24.0 Å². The fourth-order valence-electron chi connectivity index (χ4n) is 1.88. The third kappa shape index (κ3) is 5.24. The van der Waals surface area contributed by atoms with Gasteiger partial charge >= 0.3 is 11.7 Å². The summed E-state index contributed by atoms with van der Waals surface area (Å²) in [6.45, 7) is 3.26. The molecular formula is C15H20N2O6. The first-order chi connectivity index (χ1) is 10.9. The summed E-state index contributed by atoms with van der Waals surface area (Å²) in [7, 11) is 1.24. The number of amides is 1. The summed E-state index contributed by atoms with van der Waals surface area (Å²) < 4.78 is 9.85. The molecule has 0 spiro atoms. The highest BCUT2D eigenvalue weighted by molar-refractivity contribution is 5.85. The highest BCUT2D eigenvalue weighted by Crippen LogP contribution is 2.25. The molecule has 8 nitrogen and oxygen atoms in total. The van der Waals surface area contributed by atoms with Crippen LogP contribution in [0.2, 0.25) is 0 Å². The highest BCUT2D eigenvalue weighted by atomic mass is 16.6. The summed E-state index contributed by atoms with van der Waals surface area (Å²) in [5.41, 5.74) is -0.230. The van der Waals surface area contributed by atoms with Crippen molar-refractivity contribution in [2.24, 2.45) is 5.92 Å². The monoisotopic (exact) mass is 324 g/mol. The maximum absolute atomic E-state index is 11.9. The van der Waals surface area contributed by atoms with Crippen molar-refractivity contribution in [1.29, 1.82) is 0 Å². The van der Waals surface area contributed by atoms with E-state index in [0.29, 0.717) is 6.42 Å². The molecule has 0 aliphatic carbocycles. The number of nitrogens with zero attached hydrogens (tertiary/aromatic N) is 1. The Kier molecular flexibility index (Phi) is 6.98. The van der Waals surface area contributed by atoms with E-state index >= 15 is 0 Å². The number of nitro benzene ring substituents is 1. The molecule has 1 aromatic rings. The van der Waals surface area contributed by atoms with E-state index in [1.165, 1.54) is 25.3 Å². The molecule has 0 aromatic heterocycles. The number of esters is 1.